The summed E-state index contributed by atoms with van der Waals surface area (Å²) in [6, 6.07) is 6.58. The Morgan fingerprint density at radius 1 is 1.21 bits per heavy atom. The lowest BCUT2D eigenvalue weighted by atomic mass is 9.99. The Morgan fingerprint density at radius 3 is 2.59 bits per heavy atom. The minimum absolute atomic E-state index is 0.0877. The van der Waals surface area contributed by atoms with E-state index in [-0.39, 0.29) is 22.3 Å². The second-order valence-electron chi connectivity index (χ2n) is 8.62. The number of hydrogen-bond acceptors (Lipinski definition) is 6. The lowest BCUT2D eigenvalue weighted by molar-refractivity contribution is 0.0691. The van der Waals surface area contributed by atoms with E-state index in [0.717, 1.165) is 11.1 Å². The summed E-state index contributed by atoms with van der Waals surface area (Å²) in [5.41, 5.74) is 3.27. The van der Waals surface area contributed by atoms with Crippen molar-refractivity contribution in [2.75, 3.05) is 5.32 Å². The standard InChI is InChI=1S/C25H25ClN4O4/c1-12(2)30-11-16(10-27-30)23-14(4)22(31)18-9-13(3)8-17(24(18)34-23)15(5)28-19-6-7-20(26)29-21(19)25(32)33/h6-12,15,28H,1-5H3,(H,32,33)/t15-/m1/s1. The number of halogens is 1. The number of benzene rings is 1. The third kappa shape index (κ3) is 4.28. The van der Waals surface area contributed by atoms with Gasteiger partial charge in [0.05, 0.1) is 28.9 Å². The highest BCUT2D eigenvalue weighted by molar-refractivity contribution is 6.29. The molecule has 0 fully saturated rings. The lowest BCUT2D eigenvalue weighted by Crippen LogP contribution is -2.14. The number of carboxylic acids is 1. The molecule has 9 heteroatoms. The fraction of sp³-hybridized carbons (Fsp3) is 0.280. The number of pyridine rings is 1. The van der Waals surface area contributed by atoms with Gasteiger partial charge in [-0.1, -0.05) is 17.7 Å². The van der Waals surface area contributed by atoms with Gasteiger partial charge >= 0.3 is 5.97 Å². The van der Waals surface area contributed by atoms with Crippen LogP contribution in [0.25, 0.3) is 22.3 Å². The van der Waals surface area contributed by atoms with Crippen LogP contribution in [0.1, 0.15) is 60.0 Å². The van der Waals surface area contributed by atoms with Crippen molar-refractivity contribution in [3.8, 4) is 11.3 Å². The summed E-state index contributed by atoms with van der Waals surface area (Å²) in [5, 5.41) is 17.6. The third-order valence-corrected chi connectivity index (χ3v) is 5.90. The van der Waals surface area contributed by atoms with Crippen molar-refractivity contribution < 1.29 is 14.3 Å². The van der Waals surface area contributed by atoms with Crippen LogP contribution in [-0.2, 0) is 0 Å². The van der Waals surface area contributed by atoms with Gasteiger partial charge in [-0.3, -0.25) is 9.48 Å². The largest absolute Gasteiger partial charge is 0.476 e. The lowest BCUT2D eigenvalue weighted by Gasteiger charge is -2.19. The summed E-state index contributed by atoms with van der Waals surface area (Å²) >= 11 is 5.88. The maximum absolute atomic E-state index is 13.3. The van der Waals surface area contributed by atoms with E-state index in [1.54, 1.807) is 29.9 Å². The first-order valence-electron chi connectivity index (χ1n) is 10.9. The average molecular weight is 481 g/mol. The Morgan fingerprint density at radius 2 is 1.94 bits per heavy atom. The Hall–Kier alpha value is -3.65. The van der Waals surface area contributed by atoms with Gasteiger partial charge in [-0.2, -0.15) is 5.10 Å². The fourth-order valence-corrected chi connectivity index (χ4v) is 4.08. The van der Waals surface area contributed by atoms with Crippen LogP contribution in [0.3, 0.4) is 0 Å². The van der Waals surface area contributed by atoms with Crippen LogP contribution in [0, 0.1) is 13.8 Å². The summed E-state index contributed by atoms with van der Waals surface area (Å²) in [6.45, 7) is 9.55. The van der Waals surface area contributed by atoms with Crippen LogP contribution in [0.2, 0.25) is 5.15 Å². The number of aromatic nitrogens is 3. The second-order valence-corrected chi connectivity index (χ2v) is 9.01. The SMILES string of the molecule is Cc1cc([C@@H](C)Nc2ccc(Cl)nc2C(=O)O)c2oc(-c3cnn(C(C)C)c3)c(C)c(=O)c2c1. The van der Waals surface area contributed by atoms with Gasteiger partial charge in [0.2, 0.25) is 0 Å². The monoisotopic (exact) mass is 480 g/mol. The predicted molar refractivity (Wildman–Crippen MR) is 132 cm³/mol. The van der Waals surface area contributed by atoms with E-state index < -0.39 is 12.0 Å². The van der Waals surface area contributed by atoms with E-state index in [1.807, 2.05) is 40.0 Å². The van der Waals surface area contributed by atoms with E-state index in [1.165, 1.54) is 6.07 Å². The molecule has 4 aromatic rings. The molecule has 0 aliphatic carbocycles. The molecule has 2 N–H and O–H groups in total. The molecule has 3 aromatic heterocycles. The van der Waals surface area contributed by atoms with E-state index >= 15 is 0 Å². The average Bonchev–Trinajstić information content (AvgIpc) is 3.27. The van der Waals surface area contributed by atoms with Crippen molar-refractivity contribution in [1.82, 2.24) is 14.8 Å². The smallest absolute Gasteiger partial charge is 0.356 e. The Bertz CT molecular complexity index is 1470. The van der Waals surface area contributed by atoms with Crippen molar-refractivity contribution in [2.24, 2.45) is 0 Å². The van der Waals surface area contributed by atoms with Gasteiger partial charge in [0.15, 0.2) is 11.1 Å². The van der Waals surface area contributed by atoms with E-state index in [2.05, 4.69) is 15.4 Å². The molecule has 0 radical (unpaired) electrons. The molecular weight excluding hydrogens is 456 g/mol. The zero-order valence-electron chi connectivity index (χ0n) is 19.5. The highest BCUT2D eigenvalue weighted by Crippen LogP contribution is 2.32. The first-order valence-corrected chi connectivity index (χ1v) is 11.2. The second kappa shape index (κ2) is 8.95. The number of anilines is 1. The molecule has 1 aromatic carbocycles. The highest BCUT2D eigenvalue weighted by Gasteiger charge is 2.21. The Balaban J connectivity index is 1.87. The summed E-state index contributed by atoms with van der Waals surface area (Å²) in [4.78, 5) is 28.9. The number of aromatic carboxylic acids is 1. The Kier molecular flexibility index (Phi) is 6.18. The fourth-order valence-electron chi connectivity index (χ4n) is 3.93. The first-order chi connectivity index (χ1) is 16.1. The van der Waals surface area contributed by atoms with Gasteiger partial charge in [0.1, 0.15) is 16.5 Å². The molecule has 0 unspecified atom stereocenters. The summed E-state index contributed by atoms with van der Waals surface area (Å²) < 4.78 is 8.15. The van der Waals surface area contributed by atoms with Crippen LogP contribution >= 0.6 is 11.6 Å². The number of nitrogens with zero attached hydrogens (tertiary/aromatic N) is 3. The van der Waals surface area contributed by atoms with Crippen molar-refractivity contribution in [2.45, 2.75) is 46.7 Å². The van der Waals surface area contributed by atoms with Crippen LogP contribution in [0.15, 0.2) is 45.9 Å². The normalized spacial score (nSPS) is 12.3. The number of carbonyl (C=O) groups is 1. The van der Waals surface area contributed by atoms with Gasteiger partial charge in [0.25, 0.3) is 0 Å². The number of rotatable bonds is 6. The first kappa shape index (κ1) is 23.5. The van der Waals surface area contributed by atoms with Gasteiger partial charge in [-0.15, -0.1) is 0 Å². The van der Waals surface area contributed by atoms with Gasteiger partial charge in [-0.25, -0.2) is 9.78 Å². The molecule has 0 aliphatic heterocycles. The molecule has 0 saturated carbocycles. The number of nitrogens with one attached hydrogen (secondary N) is 1. The zero-order valence-corrected chi connectivity index (χ0v) is 20.3. The summed E-state index contributed by atoms with van der Waals surface area (Å²) in [7, 11) is 0. The maximum atomic E-state index is 13.3. The topological polar surface area (TPSA) is 110 Å². The predicted octanol–water partition coefficient (Wildman–Crippen LogP) is 5.77. The quantitative estimate of drug-likeness (QED) is 0.337. The molecule has 34 heavy (non-hydrogen) atoms. The third-order valence-electron chi connectivity index (χ3n) is 5.69. The minimum atomic E-state index is -1.20. The van der Waals surface area contributed by atoms with Gasteiger partial charge < -0.3 is 14.8 Å². The number of hydrogen-bond donors (Lipinski definition) is 2. The Labute approximate surface area is 201 Å². The molecule has 4 rings (SSSR count). The minimum Gasteiger partial charge on any atom is -0.476 e. The van der Waals surface area contributed by atoms with Crippen molar-refractivity contribution >= 4 is 34.2 Å². The van der Waals surface area contributed by atoms with Crippen LogP contribution in [0.5, 0.6) is 0 Å². The highest BCUT2D eigenvalue weighted by atomic mass is 35.5. The van der Waals surface area contributed by atoms with Crippen LogP contribution in [0.4, 0.5) is 5.69 Å². The molecule has 0 spiro atoms. The summed E-state index contributed by atoms with van der Waals surface area (Å²) in [6.07, 6.45) is 3.54. The molecule has 0 amide bonds. The molecular formula is C25H25ClN4O4. The zero-order chi connectivity index (χ0) is 24.7. The van der Waals surface area contributed by atoms with Crippen molar-refractivity contribution in [3.05, 3.63) is 74.4 Å². The van der Waals surface area contributed by atoms with Gasteiger partial charge in [0, 0.05) is 23.4 Å². The molecule has 176 valence electrons. The van der Waals surface area contributed by atoms with Gasteiger partial charge in [-0.05, 0) is 58.4 Å². The number of carboxylic acid groups (broad SMARTS) is 1. The van der Waals surface area contributed by atoms with Crippen LogP contribution in [-0.4, -0.2) is 25.8 Å². The molecule has 0 aliphatic rings. The van der Waals surface area contributed by atoms with Crippen LogP contribution < -0.4 is 10.7 Å². The molecule has 3 heterocycles. The van der Waals surface area contributed by atoms with E-state index in [0.29, 0.717) is 33.5 Å². The summed E-state index contributed by atoms with van der Waals surface area (Å²) in [5.74, 6) is -0.737. The van der Waals surface area contributed by atoms with Crippen molar-refractivity contribution in [3.63, 3.8) is 0 Å². The molecule has 8 nitrogen and oxygen atoms in total. The molecule has 1 atom stereocenters. The number of aryl methyl sites for hydroxylation is 1. The molecule has 0 bridgehead atoms. The van der Waals surface area contributed by atoms with E-state index in [4.69, 9.17) is 16.0 Å². The van der Waals surface area contributed by atoms with E-state index in [9.17, 15) is 14.7 Å². The maximum Gasteiger partial charge on any atom is 0.356 e. The number of fused-ring (bicyclic) bond motifs is 1. The van der Waals surface area contributed by atoms with Crippen molar-refractivity contribution in [1.29, 1.82) is 0 Å². The molecule has 0 saturated heterocycles.